The maximum absolute atomic E-state index is 12.2. The van der Waals surface area contributed by atoms with Crippen LogP contribution in [0.2, 0.25) is 0 Å². The third-order valence-electron chi connectivity index (χ3n) is 4.50. The number of carbonyl (C=O) groups is 1. The maximum Gasteiger partial charge on any atom is 0.251 e. The van der Waals surface area contributed by atoms with Crippen molar-refractivity contribution in [3.63, 3.8) is 0 Å². The van der Waals surface area contributed by atoms with Crippen molar-refractivity contribution in [3.8, 4) is 0 Å². The normalized spacial score (nSPS) is 16.0. The maximum atomic E-state index is 12.2. The summed E-state index contributed by atoms with van der Waals surface area (Å²) in [5.74, 6) is 0.574. The van der Waals surface area contributed by atoms with Crippen LogP contribution in [-0.4, -0.2) is 35.4 Å². The van der Waals surface area contributed by atoms with Crippen LogP contribution < -0.4 is 5.32 Å². The van der Waals surface area contributed by atoms with E-state index in [1.165, 1.54) is 5.56 Å². The van der Waals surface area contributed by atoms with Crippen molar-refractivity contribution in [1.82, 2.24) is 15.2 Å². The predicted molar refractivity (Wildman–Crippen MR) is 98.7 cm³/mol. The lowest BCUT2D eigenvalue weighted by molar-refractivity contribution is 0.0935. The van der Waals surface area contributed by atoms with Crippen molar-refractivity contribution >= 4 is 21.8 Å². The number of hydrogen-bond acceptors (Lipinski definition) is 3. The Morgan fingerprint density at radius 1 is 1.21 bits per heavy atom. The first-order chi connectivity index (χ1) is 11.7. The second-order valence-corrected chi connectivity index (χ2v) is 7.21. The summed E-state index contributed by atoms with van der Waals surface area (Å²) < 4.78 is 0.930. The standard InChI is InChI=1S/C19H22BrN3O/c20-18-3-1-2-17(12-18)19(24)22-13-15-6-10-23(11-7-15)14-16-4-8-21-9-5-16/h1-5,8-9,12,15H,6-7,10-11,13-14H2,(H,22,24). The van der Waals surface area contributed by atoms with Crippen LogP contribution in [0.5, 0.6) is 0 Å². The minimum absolute atomic E-state index is 0.00974. The Kier molecular flexibility index (Phi) is 5.99. The molecule has 0 bridgehead atoms. The molecule has 0 saturated carbocycles. The number of carbonyl (C=O) groups excluding carboxylic acids is 1. The van der Waals surface area contributed by atoms with Crippen LogP contribution >= 0.6 is 15.9 Å². The number of likely N-dealkylation sites (tertiary alicyclic amines) is 1. The van der Waals surface area contributed by atoms with Crippen molar-refractivity contribution in [2.45, 2.75) is 19.4 Å². The summed E-state index contributed by atoms with van der Waals surface area (Å²) in [6, 6.07) is 11.7. The highest BCUT2D eigenvalue weighted by Crippen LogP contribution is 2.18. The molecule has 5 heteroatoms. The van der Waals surface area contributed by atoms with Crippen LogP contribution in [0.25, 0.3) is 0 Å². The van der Waals surface area contributed by atoms with Gasteiger partial charge in [0.05, 0.1) is 0 Å². The SMILES string of the molecule is O=C(NCC1CCN(Cc2ccncc2)CC1)c1cccc(Br)c1. The molecule has 1 aromatic heterocycles. The summed E-state index contributed by atoms with van der Waals surface area (Å²) in [5.41, 5.74) is 2.02. The van der Waals surface area contributed by atoms with Crippen LogP contribution in [0.4, 0.5) is 0 Å². The lowest BCUT2D eigenvalue weighted by Gasteiger charge is -2.32. The van der Waals surface area contributed by atoms with Gasteiger partial charge in [-0.15, -0.1) is 0 Å². The molecule has 0 spiro atoms. The van der Waals surface area contributed by atoms with E-state index in [2.05, 4.69) is 43.3 Å². The molecular weight excluding hydrogens is 366 g/mol. The fourth-order valence-corrected chi connectivity index (χ4v) is 3.46. The van der Waals surface area contributed by atoms with Gasteiger partial charge in [-0.25, -0.2) is 0 Å². The van der Waals surface area contributed by atoms with Gasteiger partial charge < -0.3 is 5.32 Å². The summed E-state index contributed by atoms with van der Waals surface area (Å²) in [6.45, 7) is 3.91. The molecule has 0 unspecified atom stereocenters. The summed E-state index contributed by atoms with van der Waals surface area (Å²) in [5, 5.41) is 3.07. The summed E-state index contributed by atoms with van der Waals surface area (Å²) in [7, 11) is 0. The number of nitrogens with zero attached hydrogens (tertiary/aromatic N) is 2. The number of aromatic nitrogens is 1. The molecule has 1 aliphatic heterocycles. The van der Waals surface area contributed by atoms with E-state index in [0.29, 0.717) is 11.5 Å². The van der Waals surface area contributed by atoms with Crippen molar-refractivity contribution in [2.24, 2.45) is 5.92 Å². The van der Waals surface area contributed by atoms with Gasteiger partial charge in [0, 0.05) is 35.5 Å². The molecule has 0 aliphatic carbocycles. The first-order valence-electron chi connectivity index (χ1n) is 8.36. The Balaban J connectivity index is 1.42. The molecule has 4 nitrogen and oxygen atoms in total. The van der Waals surface area contributed by atoms with E-state index in [-0.39, 0.29) is 5.91 Å². The van der Waals surface area contributed by atoms with E-state index in [1.807, 2.05) is 36.7 Å². The number of rotatable bonds is 5. The molecular formula is C19H22BrN3O. The number of hydrogen-bond donors (Lipinski definition) is 1. The Morgan fingerprint density at radius 2 is 1.96 bits per heavy atom. The van der Waals surface area contributed by atoms with Crippen LogP contribution in [-0.2, 0) is 6.54 Å². The van der Waals surface area contributed by atoms with Crippen LogP contribution in [0.15, 0.2) is 53.3 Å². The van der Waals surface area contributed by atoms with Gasteiger partial charge in [-0.2, -0.15) is 0 Å². The van der Waals surface area contributed by atoms with Gasteiger partial charge >= 0.3 is 0 Å². The highest BCUT2D eigenvalue weighted by molar-refractivity contribution is 9.10. The highest BCUT2D eigenvalue weighted by atomic mass is 79.9. The largest absolute Gasteiger partial charge is 0.352 e. The molecule has 2 aromatic rings. The van der Waals surface area contributed by atoms with Crippen molar-refractivity contribution in [3.05, 3.63) is 64.4 Å². The minimum atomic E-state index is 0.00974. The van der Waals surface area contributed by atoms with Crippen molar-refractivity contribution in [2.75, 3.05) is 19.6 Å². The first kappa shape index (κ1) is 17.1. The Bertz CT molecular complexity index is 669. The van der Waals surface area contributed by atoms with Gasteiger partial charge in [-0.1, -0.05) is 22.0 Å². The zero-order chi connectivity index (χ0) is 16.8. The smallest absolute Gasteiger partial charge is 0.251 e. The van der Waals surface area contributed by atoms with Gasteiger partial charge in [0.1, 0.15) is 0 Å². The fourth-order valence-electron chi connectivity index (χ4n) is 3.06. The molecule has 1 fully saturated rings. The molecule has 1 amide bonds. The number of nitrogens with one attached hydrogen (secondary N) is 1. The molecule has 2 heterocycles. The highest BCUT2D eigenvalue weighted by Gasteiger charge is 2.20. The van der Waals surface area contributed by atoms with Gasteiger partial charge in [0.2, 0.25) is 0 Å². The van der Waals surface area contributed by atoms with Gasteiger partial charge in [-0.3, -0.25) is 14.7 Å². The van der Waals surface area contributed by atoms with E-state index >= 15 is 0 Å². The number of amides is 1. The van der Waals surface area contributed by atoms with Gasteiger partial charge in [0.25, 0.3) is 5.91 Å². The summed E-state index contributed by atoms with van der Waals surface area (Å²) in [4.78, 5) is 18.7. The fraction of sp³-hybridized carbons (Fsp3) is 0.368. The first-order valence-corrected chi connectivity index (χ1v) is 9.15. The predicted octanol–water partition coefficient (Wildman–Crippen LogP) is 3.49. The third kappa shape index (κ3) is 4.89. The Labute approximate surface area is 151 Å². The van der Waals surface area contributed by atoms with E-state index < -0.39 is 0 Å². The van der Waals surface area contributed by atoms with Gasteiger partial charge in [0.15, 0.2) is 0 Å². The number of halogens is 1. The summed E-state index contributed by atoms with van der Waals surface area (Å²) >= 11 is 3.40. The lowest BCUT2D eigenvalue weighted by atomic mass is 9.96. The Hall–Kier alpha value is -1.72. The average Bonchev–Trinajstić information content (AvgIpc) is 2.62. The monoisotopic (exact) mass is 387 g/mol. The van der Waals surface area contributed by atoms with Crippen LogP contribution in [0.1, 0.15) is 28.8 Å². The second-order valence-electron chi connectivity index (χ2n) is 6.30. The zero-order valence-electron chi connectivity index (χ0n) is 13.6. The Morgan fingerprint density at radius 3 is 2.67 bits per heavy atom. The number of piperidine rings is 1. The van der Waals surface area contributed by atoms with E-state index in [0.717, 1.165) is 43.5 Å². The molecule has 1 saturated heterocycles. The summed E-state index contributed by atoms with van der Waals surface area (Å²) in [6.07, 6.45) is 5.95. The molecule has 24 heavy (non-hydrogen) atoms. The minimum Gasteiger partial charge on any atom is -0.352 e. The van der Waals surface area contributed by atoms with Crippen molar-refractivity contribution < 1.29 is 4.79 Å². The van der Waals surface area contributed by atoms with Crippen LogP contribution in [0.3, 0.4) is 0 Å². The zero-order valence-corrected chi connectivity index (χ0v) is 15.2. The second kappa shape index (κ2) is 8.40. The molecule has 1 aromatic carbocycles. The van der Waals surface area contributed by atoms with Crippen molar-refractivity contribution in [1.29, 1.82) is 0 Å². The molecule has 0 radical (unpaired) electrons. The van der Waals surface area contributed by atoms with E-state index in [4.69, 9.17) is 0 Å². The van der Waals surface area contributed by atoms with E-state index in [1.54, 1.807) is 0 Å². The average molecular weight is 388 g/mol. The molecule has 3 rings (SSSR count). The van der Waals surface area contributed by atoms with E-state index in [9.17, 15) is 4.79 Å². The van der Waals surface area contributed by atoms with Gasteiger partial charge in [-0.05, 0) is 67.7 Å². The molecule has 1 aliphatic rings. The molecule has 0 atom stereocenters. The number of benzene rings is 1. The topological polar surface area (TPSA) is 45.2 Å². The third-order valence-corrected chi connectivity index (χ3v) is 4.99. The lowest BCUT2D eigenvalue weighted by Crippen LogP contribution is -2.38. The van der Waals surface area contributed by atoms with Crippen LogP contribution in [0, 0.1) is 5.92 Å². The quantitative estimate of drug-likeness (QED) is 0.853. The molecule has 1 N–H and O–H groups in total. The molecule has 126 valence electrons. The number of pyridine rings is 1.